The molecular formula is C11H16N6O2S. The van der Waals surface area contributed by atoms with Gasteiger partial charge in [0.05, 0.1) is 12.3 Å². The molecule has 0 aliphatic heterocycles. The number of nitrogens with zero attached hydrogens (tertiary/aromatic N) is 5. The van der Waals surface area contributed by atoms with Crippen molar-refractivity contribution in [3.8, 4) is 0 Å². The van der Waals surface area contributed by atoms with Crippen LogP contribution in [0.5, 0.6) is 0 Å². The standard InChI is InChI=1S/C11H16N6O2S/c1-3-4-9-8(6-18)14-16-17(9)5-10(19)12-11-15-13-7(2)20-11/h18H,3-6H2,1-2H3,(H,12,15,19). The maximum absolute atomic E-state index is 11.9. The Morgan fingerprint density at radius 2 is 2.20 bits per heavy atom. The number of anilines is 1. The Bertz CT molecular complexity index is 594. The highest BCUT2D eigenvalue weighted by Crippen LogP contribution is 2.14. The zero-order valence-corrected chi connectivity index (χ0v) is 12.1. The lowest BCUT2D eigenvalue weighted by Crippen LogP contribution is -2.21. The summed E-state index contributed by atoms with van der Waals surface area (Å²) in [4.78, 5) is 11.9. The average molecular weight is 296 g/mol. The molecule has 0 atom stereocenters. The first-order valence-electron chi connectivity index (χ1n) is 6.26. The lowest BCUT2D eigenvalue weighted by molar-refractivity contribution is -0.117. The van der Waals surface area contributed by atoms with Crippen molar-refractivity contribution in [2.75, 3.05) is 5.32 Å². The lowest BCUT2D eigenvalue weighted by Gasteiger charge is -2.06. The largest absolute Gasteiger partial charge is 0.390 e. The van der Waals surface area contributed by atoms with E-state index in [9.17, 15) is 9.90 Å². The summed E-state index contributed by atoms with van der Waals surface area (Å²) in [5, 5.41) is 28.5. The van der Waals surface area contributed by atoms with E-state index in [1.54, 1.807) is 0 Å². The molecule has 0 aromatic carbocycles. The smallest absolute Gasteiger partial charge is 0.248 e. The molecule has 2 heterocycles. The van der Waals surface area contributed by atoms with Crippen LogP contribution in [0.3, 0.4) is 0 Å². The second kappa shape index (κ2) is 6.53. The highest BCUT2D eigenvalue weighted by Gasteiger charge is 2.14. The molecule has 0 aliphatic rings. The van der Waals surface area contributed by atoms with Gasteiger partial charge in [0.15, 0.2) is 0 Å². The summed E-state index contributed by atoms with van der Waals surface area (Å²) in [7, 11) is 0. The summed E-state index contributed by atoms with van der Waals surface area (Å²) in [5.74, 6) is -0.243. The third-order valence-corrected chi connectivity index (χ3v) is 3.37. The van der Waals surface area contributed by atoms with Crippen molar-refractivity contribution >= 4 is 22.4 Å². The van der Waals surface area contributed by atoms with Crippen LogP contribution in [-0.2, 0) is 24.4 Å². The lowest BCUT2D eigenvalue weighted by atomic mass is 10.2. The highest BCUT2D eigenvalue weighted by atomic mass is 32.1. The molecular weight excluding hydrogens is 280 g/mol. The number of nitrogens with one attached hydrogen (secondary N) is 1. The number of aliphatic hydroxyl groups excluding tert-OH is 1. The Balaban J connectivity index is 2.05. The molecule has 0 bridgehead atoms. The zero-order valence-electron chi connectivity index (χ0n) is 11.3. The van der Waals surface area contributed by atoms with Gasteiger partial charge < -0.3 is 5.11 Å². The number of rotatable bonds is 6. The van der Waals surface area contributed by atoms with E-state index in [1.807, 2.05) is 13.8 Å². The SMILES string of the molecule is CCCc1c(CO)nnn1CC(=O)Nc1nnc(C)s1. The van der Waals surface area contributed by atoms with E-state index in [0.717, 1.165) is 17.1 Å². The fourth-order valence-electron chi connectivity index (χ4n) is 1.77. The van der Waals surface area contributed by atoms with E-state index in [0.29, 0.717) is 17.2 Å². The number of aryl methyl sites for hydroxylation is 1. The van der Waals surface area contributed by atoms with Crippen LogP contribution in [0.1, 0.15) is 29.7 Å². The van der Waals surface area contributed by atoms with Crippen LogP contribution in [0.2, 0.25) is 0 Å². The van der Waals surface area contributed by atoms with Crippen LogP contribution in [0.4, 0.5) is 5.13 Å². The van der Waals surface area contributed by atoms with Crippen molar-refractivity contribution in [3.63, 3.8) is 0 Å². The molecule has 0 unspecified atom stereocenters. The number of hydrogen-bond acceptors (Lipinski definition) is 7. The van der Waals surface area contributed by atoms with E-state index in [2.05, 4.69) is 25.8 Å². The quantitative estimate of drug-likeness (QED) is 0.805. The van der Waals surface area contributed by atoms with Crippen LogP contribution in [0, 0.1) is 6.92 Å². The van der Waals surface area contributed by atoms with Gasteiger partial charge in [-0.05, 0) is 13.3 Å². The van der Waals surface area contributed by atoms with Gasteiger partial charge in [-0.3, -0.25) is 10.1 Å². The number of aliphatic hydroxyl groups is 1. The molecule has 0 fully saturated rings. The Labute approximate surface area is 119 Å². The summed E-state index contributed by atoms with van der Waals surface area (Å²) >= 11 is 1.31. The fourth-order valence-corrected chi connectivity index (χ4v) is 2.38. The third kappa shape index (κ3) is 3.36. The van der Waals surface area contributed by atoms with Gasteiger partial charge in [-0.1, -0.05) is 29.9 Å². The summed E-state index contributed by atoms with van der Waals surface area (Å²) in [5.41, 5.74) is 1.31. The first kappa shape index (κ1) is 14.5. The first-order chi connectivity index (χ1) is 9.63. The van der Waals surface area contributed by atoms with Crippen molar-refractivity contribution in [3.05, 3.63) is 16.4 Å². The number of aromatic nitrogens is 5. The Kier molecular flexibility index (Phi) is 4.74. The van der Waals surface area contributed by atoms with Crippen molar-refractivity contribution in [1.29, 1.82) is 0 Å². The van der Waals surface area contributed by atoms with Crippen molar-refractivity contribution in [2.45, 2.75) is 39.8 Å². The summed E-state index contributed by atoms with van der Waals surface area (Å²) in [6.45, 7) is 3.70. The van der Waals surface area contributed by atoms with Crippen LogP contribution in [-0.4, -0.2) is 36.2 Å². The van der Waals surface area contributed by atoms with Crippen molar-refractivity contribution in [2.24, 2.45) is 0 Å². The predicted octanol–water partition coefficient (Wildman–Crippen LogP) is 0.522. The summed E-state index contributed by atoms with van der Waals surface area (Å²) in [6, 6.07) is 0. The van der Waals surface area contributed by atoms with Crippen LogP contribution in [0.25, 0.3) is 0 Å². The molecule has 0 aliphatic carbocycles. The normalized spacial score (nSPS) is 10.8. The van der Waals surface area contributed by atoms with Gasteiger partial charge in [0.1, 0.15) is 17.2 Å². The average Bonchev–Trinajstić information content (AvgIpc) is 2.97. The van der Waals surface area contributed by atoms with Crippen LogP contribution >= 0.6 is 11.3 Å². The monoisotopic (exact) mass is 296 g/mol. The van der Waals surface area contributed by atoms with Gasteiger partial charge in [-0.25, -0.2) is 4.68 Å². The van der Waals surface area contributed by atoms with E-state index in [4.69, 9.17) is 0 Å². The molecule has 0 radical (unpaired) electrons. The minimum Gasteiger partial charge on any atom is -0.390 e. The maximum atomic E-state index is 11.9. The van der Waals surface area contributed by atoms with Gasteiger partial charge in [0, 0.05) is 0 Å². The second-order valence-corrected chi connectivity index (χ2v) is 5.40. The molecule has 0 saturated carbocycles. The summed E-state index contributed by atoms with van der Waals surface area (Å²) < 4.78 is 1.51. The van der Waals surface area contributed by atoms with Crippen LogP contribution in [0.15, 0.2) is 0 Å². The molecule has 2 aromatic heterocycles. The molecule has 0 spiro atoms. The molecule has 0 saturated heterocycles. The molecule has 8 nitrogen and oxygen atoms in total. The molecule has 108 valence electrons. The number of hydrogen-bond donors (Lipinski definition) is 2. The van der Waals surface area contributed by atoms with Crippen molar-refractivity contribution < 1.29 is 9.90 Å². The second-order valence-electron chi connectivity index (χ2n) is 4.22. The fraction of sp³-hybridized carbons (Fsp3) is 0.545. The Hall–Kier alpha value is -1.87. The van der Waals surface area contributed by atoms with Gasteiger partial charge in [-0.15, -0.1) is 15.3 Å². The summed E-state index contributed by atoms with van der Waals surface area (Å²) in [6.07, 6.45) is 1.60. The highest BCUT2D eigenvalue weighted by molar-refractivity contribution is 7.15. The zero-order chi connectivity index (χ0) is 14.5. The Morgan fingerprint density at radius 1 is 1.40 bits per heavy atom. The number of carbonyl (C=O) groups is 1. The van der Waals surface area contributed by atoms with Crippen LogP contribution < -0.4 is 5.32 Å². The van der Waals surface area contributed by atoms with Crippen molar-refractivity contribution in [1.82, 2.24) is 25.2 Å². The first-order valence-corrected chi connectivity index (χ1v) is 7.07. The minimum atomic E-state index is -0.243. The molecule has 20 heavy (non-hydrogen) atoms. The van der Waals surface area contributed by atoms with E-state index < -0.39 is 0 Å². The minimum absolute atomic E-state index is 0.0426. The molecule has 1 amide bonds. The third-order valence-electron chi connectivity index (χ3n) is 2.62. The van der Waals surface area contributed by atoms with E-state index >= 15 is 0 Å². The predicted molar refractivity (Wildman–Crippen MR) is 73.2 cm³/mol. The van der Waals surface area contributed by atoms with E-state index in [1.165, 1.54) is 16.0 Å². The molecule has 2 N–H and O–H groups in total. The molecule has 9 heteroatoms. The van der Waals surface area contributed by atoms with Gasteiger partial charge >= 0.3 is 0 Å². The van der Waals surface area contributed by atoms with Gasteiger partial charge in [0.25, 0.3) is 0 Å². The molecule has 2 rings (SSSR count). The van der Waals surface area contributed by atoms with E-state index in [-0.39, 0.29) is 19.1 Å². The topological polar surface area (TPSA) is 106 Å². The Morgan fingerprint density at radius 3 is 2.80 bits per heavy atom. The number of carbonyl (C=O) groups excluding carboxylic acids is 1. The molecule has 2 aromatic rings. The number of amides is 1. The van der Waals surface area contributed by atoms with Gasteiger partial charge in [0.2, 0.25) is 11.0 Å². The van der Waals surface area contributed by atoms with Gasteiger partial charge in [-0.2, -0.15) is 0 Å². The maximum Gasteiger partial charge on any atom is 0.248 e.